The van der Waals surface area contributed by atoms with Crippen LogP contribution in [-0.4, -0.2) is 37.0 Å². The van der Waals surface area contributed by atoms with Gasteiger partial charge in [0, 0.05) is 5.56 Å². The molecule has 2 aromatic carbocycles. The normalized spacial score (nSPS) is 15.8. The zero-order chi connectivity index (χ0) is 15.4. The first kappa shape index (κ1) is 15.1. The third-order valence-corrected chi connectivity index (χ3v) is 4.49. The van der Waals surface area contributed by atoms with E-state index >= 15 is 0 Å². The van der Waals surface area contributed by atoms with E-state index in [0.717, 1.165) is 32.7 Å². The number of nitrogens with one attached hydrogen (secondary N) is 1. The molecule has 114 valence electrons. The maximum absolute atomic E-state index is 12.5. The number of carbonyl (C=O) groups excluding carboxylic acids is 1. The van der Waals surface area contributed by atoms with Crippen LogP contribution in [0.5, 0.6) is 0 Å². The van der Waals surface area contributed by atoms with Crippen molar-refractivity contribution in [2.24, 2.45) is 0 Å². The van der Waals surface area contributed by atoms with E-state index in [9.17, 15) is 4.79 Å². The molecule has 0 atom stereocenters. The van der Waals surface area contributed by atoms with E-state index in [2.05, 4.69) is 24.3 Å². The minimum absolute atomic E-state index is 0.0457. The van der Waals surface area contributed by atoms with Gasteiger partial charge in [-0.25, -0.2) is 0 Å². The van der Waals surface area contributed by atoms with Crippen molar-refractivity contribution in [1.82, 2.24) is 4.90 Å². The van der Waals surface area contributed by atoms with Crippen molar-refractivity contribution in [3.63, 3.8) is 0 Å². The molecule has 1 fully saturated rings. The van der Waals surface area contributed by atoms with Gasteiger partial charge in [-0.05, 0) is 12.1 Å². The third-order valence-electron chi connectivity index (χ3n) is 4.16. The predicted octanol–water partition coefficient (Wildman–Crippen LogP) is 1.88. The summed E-state index contributed by atoms with van der Waals surface area (Å²) in [6, 6.07) is 17.8. The van der Waals surface area contributed by atoms with Crippen molar-refractivity contribution in [3.05, 3.63) is 70.7 Å². The van der Waals surface area contributed by atoms with Crippen molar-refractivity contribution in [2.45, 2.75) is 6.54 Å². The second-order valence-electron chi connectivity index (χ2n) is 5.68. The van der Waals surface area contributed by atoms with E-state index in [1.165, 1.54) is 10.5 Å². The summed E-state index contributed by atoms with van der Waals surface area (Å²) >= 11 is 6.12. The van der Waals surface area contributed by atoms with Crippen LogP contribution in [0.2, 0.25) is 5.02 Å². The van der Waals surface area contributed by atoms with Crippen molar-refractivity contribution in [2.75, 3.05) is 26.2 Å². The van der Waals surface area contributed by atoms with Crippen LogP contribution in [0.4, 0.5) is 0 Å². The monoisotopic (exact) mass is 315 g/mol. The Bertz CT molecular complexity index is 637. The number of nitrogens with zero attached hydrogens (tertiary/aromatic N) is 1. The van der Waals surface area contributed by atoms with Crippen LogP contribution in [0, 0.1) is 0 Å². The summed E-state index contributed by atoms with van der Waals surface area (Å²) in [5, 5.41) is 0.534. The molecule has 22 heavy (non-hydrogen) atoms. The van der Waals surface area contributed by atoms with Gasteiger partial charge in [-0.3, -0.25) is 4.79 Å². The van der Waals surface area contributed by atoms with Gasteiger partial charge < -0.3 is 9.80 Å². The largest absolute Gasteiger partial charge is 0.328 e. The lowest BCUT2D eigenvalue weighted by atomic mass is 10.1. The third kappa shape index (κ3) is 3.49. The predicted molar refractivity (Wildman–Crippen MR) is 88.2 cm³/mol. The molecule has 1 heterocycles. The van der Waals surface area contributed by atoms with Gasteiger partial charge in [-0.2, -0.15) is 0 Å². The minimum Gasteiger partial charge on any atom is -0.328 e. The first-order valence-corrected chi connectivity index (χ1v) is 8.03. The lowest BCUT2D eigenvalue weighted by molar-refractivity contribution is -0.917. The molecule has 1 amide bonds. The molecule has 0 saturated carbocycles. The molecule has 2 aromatic rings. The molecule has 1 saturated heterocycles. The highest BCUT2D eigenvalue weighted by Crippen LogP contribution is 2.17. The Balaban J connectivity index is 1.58. The number of hydrogen-bond donors (Lipinski definition) is 1. The number of halogens is 1. The number of hydrogen-bond acceptors (Lipinski definition) is 1. The van der Waals surface area contributed by atoms with Crippen LogP contribution in [0.15, 0.2) is 54.6 Å². The van der Waals surface area contributed by atoms with E-state index in [0.29, 0.717) is 10.6 Å². The average molecular weight is 316 g/mol. The molecule has 1 N–H and O–H groups in total. The summed E-state index contributed by atoms with van der Waals surface area (Å²) in [4.78, 5) is 16.0. The van der Waals surface area contributed by atoms with Gasteiger partial charge in [0.1, 0.15) is 6.54 Å². The van der Waals surface area contributed by atoms with E-state index in [4.69, 9.17) is 11.6 Å². The van der Waals surface area contributed by atoms with Crippen LogP contribution >= 0.6 is 11.6 Å². The van der Waals surface area contributed by atoms with Gasteiger partial charge in [-0.1, -0.05) is 54.1 Å². The number of piperazine rings is 1. The number of benzene rings is 2. The minimum atomic E-state index is 0.0457. The van der Waals surface area contributed by atoms with E-state index < -0.39 is 0 Å². The molecule has 0 aliphatic carbocycles. The van der Waals surface area contributed by atoms with E-state index in [-0.39, 0.29) is 5.91 Å². The van der Waals surface area contributed by atoms with Gasteiger partial charge in [0.25, 0.3) is 5.91 Å². The second-order valence-corrected chi connectivity index (χ2v) is 6.09. The van der Waals surface area contributed by atoms with E-state index in [1.807, 2.05) is 23.1 Å². The lowest BCUT2D eigenvalue weighted by Gasteiger charge is -2.32. The first-order chi connectivity index (χ1) is 10.7. The summed E-state index contributed by atoms with van der Waals surface area (Å²) in [7, 11) is 0. The summed E-state index contributed by atoms with van der Waals surface area (Å²) in [6.07, 6.45) is 0. The van der Waals surface area contributed by atoms with Crippen molar-refractivity contribution in [1.29, 1.82) is 0 Å². The molecule has 0 radical (unpaired) electrons. The standard InChI is InChI=1S/C18H19ClN2O/c19-17-9-5-4-8-16(17)18(22)21-12-10-20(11-13-21)14-15-6-2-1-3-7-15/h1-9H,10-14H2/p+1. The van der Waals surface area contributed by atoms with Crippen LogP contribution in [0.3, 0.4) is 0 Å². The van der Waals surface area contributed by atoms with Crippen LogP contribution in [0.1, 0.15) is 15.9 Å². The fourth-order valence-corrected chi connectivity index (χ4v) is 3.11. The number of rotatable bonds is 3. The summed E-state index contributed by atoms with van der Waals surface area (Å²) < 4.78 is 0. The molecule has 3 rings (SSSR count). The van der Waals surface area contributed by atoms with Crippen molar-refractivity contribution in [3.8, 4) is 0 Å². The fraction of sp³-hybridized carbons (Fsp3) is 0.278. The highest BCUT2D eigenvalue weighted by molar-refractivity contribution is 6.33. The maximum atomic E-state index is 12.5. The second kappa shape index (κ2) is 6.95. The molecule has 3 nitrogen and oxygen atoms in total. The van der Waals surface area contributed by atoms with Crippen LogP contribution < -0.4 is 4.90 Å². The Morgan fingerprint density at radius 3 is 2.32 bits per heavy atom. The fourth-order valence-electron chi connectivity index (χ4n) is 2.89. The van der Waals surface area contributed by atoms with E-state index in [1.54, 1.807) is 12.1 Å². The molecule has 1 aliphatic rings. The molecular formula is C18H20ClN2O+. The average Bonchev–Trinajstić information content (AvgIpc) is 2.56. The SMILES string of the molecule is O=C(c1ccccc1Cl)N1CC[NH+](Cc2ccccc2)CC1. The van der Waals surface area contributed by atoms with Gasteiger partial charge in [0.2, 0.25) is 0 Å². The van der Waals surface area contributed by atoms with Crippen molar-refractivity contribution < 1.29 is 9.69 Å². The van der Waals surface area contributed by atoms with Crippen LogP contribution in [0.25, 0.3) is 0 Å². The molecule has 0 aromatic heterocycles. The highest BCUT2D eigenvalue weighted by Gasteiger charge is 2.25. The Hall–Kier alpha value is -1.84. The molecular weight excluding hydrogens is 296 g/mol. The number of quaternary nitrogens is 1. The zero-order valence-corrected chi connectivity index (χ0v) is 13.2. The Labute approximate surface area is 136 Å². The smallest absolute Gasteiger partial charge is 0.255 e. The molecule has 0 spiro atoms. The number of carbonyl (C=O) groups is 1. The lowest BCUT2D eigenvalue weighted by Crippen LogP contribution is -3.13. The molecule has 4 heteroatoms. The zero-order valence-electron chi connectivity index (χ0n) is 12.5. The van der Waals surface area contributed by atoms with Gasteiger partial charge in [0.15, 0.2) is 0 Å². The first-order valence-electron chi connectivity index (χ1n) is 7.65. The highest BCUT2D eigenvalue weighted by atomic mass is 35.5. The molecule has 0 unspecified atom stereocenters. The van der Waals surface area contributed by atoms with Crippen molar-refractivity contribution >= 4 is 17.5 Å². The maximum Gasteiger partial charge on any atom is 0.255 e. The number of amides is 1. The Morgan fingerprint density at radius 1 is 1.00 bits per heavy atom. The van der Waals surface area contributed by atoms with Gasteiger partial charge in [-0.15, -0.1) is 0 Å². The Morgan fingerprint density at radius 2 is 1.64 bits per heavy atom. The van der Waals surface area contributed by atoms with Gasteiger partial charge in [0.05, 0.1) is 36.8 Å². The molecule has 1 aliphatic heterocycles. The Kier molecular flexibility index (Phi) is 4.76. The summed E-state index contributed by atoms with van der Waals surface area (Å²) in [5.41, 5.74) is 1.96. The summed E-state index contributed by atoms with van der Waals surface area (Å²) in [5.74, 6) is 0.0457. The summed E-state index contributed by atoms with van der Waals surface area (Å²) in [6.45, 7) is 4.55. The van der Waals surface area contributed by atoms with Crippen LogP contribution in [-0.2, 0) is 6.54 Å². The molecule has 0 bridgehead atoms. The quantitative estimate of drug-likeness (QED) is 0.919. The van der Waals surface area contributed by atoms with Gasteiger partial charge >= 0.3 is 0 Å². The topological polar surface area (TPSA) is 24.8 Å².